The van der Waals surface area contributed by atoms with Crippen molar-refractivity contribution in [3.63, 3.8) is 0 Å². The molecule has 0 aliphatic rings. The van der Waals surface area contributed by atoms with Crippen LogP contribution in [0.4, 0.5) is 0 Å². The Labute approximate surface area is 568 Å². The summed E-state index contributed by atoms with van der Waals surface area (Å²) in [5.74, 6) is -0.472. The first-order valence-electron chi connectivity index (χ1n) is 38.5. The van der Waals surface area contributed by atoms with Gasteiger partial charge in [0, 0.05) is 25.7 Å². The van der Waals surface area contributed by atoms with E-state index in [1.54, 1.807) is 0 Å². The van der Waals surface area contributed by atoms with Gasteiger partial charge in [0.25, 0.3) is 0 Å². The Balaban J connectivity index is 5.13. The van der Waals surface area contributed by atoms with Gasteiger partial charge >= 0.3 is 39.5 Å². The number of aliphatic hydroxyl groups is 1. The Hall–Kier alpha value is -1.94. The van der Waals surface area contributed by atoms with Crippen molar-refractivity contribution in [3.8, 4) is 0 Å². The van der Waals surface area contributed by atoms with Crippen LogP contribution < -0.4 is 0 Å². The molecule has 0 rings (SSSR count). The third-order valence-electron chi connectivity index (χ3n) is 17.6. The Bertz CT molecular complexity index is 1810. The maximum atomic E-state index is 13.1. The van der Waals surface area contributed by atoms with Crippen molar-refractivity contribution in [1.29, 1.82) is 0 Å². The summed E-state index contributed by atoms with van der Waals surface area (Å²) in [5.41, 5.74) is 0. The van der Waals surface area contributed by atoms with Crippen LogP contribution in [0.2, 0.25) is 0 Å². The first-order chi connectivity index (χ1) is 44.9. The maximum absolute atomic E-state index is 13.1. The standard InChI is InChI=1S/C74H144O17P2/c1-7-10-12-14-16-31-40-46-52-58-73(78)90-69(62-84-71(76)56-50-44-36-15-13-11-8-2)64-88-92(80,81)86-60-68(75)61-87-93(82,83)89-65-70(63-85-72(77)57-51-45-39-34-29-26-25-27-32-37-42-48-54-66(4)5)91-74(79)59-53-47-41-35-30-24-22-20-18-17-19-21-23-28-33-38-43-49-55-67(6)9-3/h66-70,75H,7-65H2,1-6H3,(H,80,81)(H,82,83)/t67?,68-,69+,70+/m0/s1. The van der Waals surface area contributed by atoms with Crippen LogP contribution in [0.5, 0.6) is 0 Å². The van der Waals surface area contributed by atoms with E-state index in [0.29, 0.717) is 25.7 Å². The number of rotatable bonds is 73. The Morgan fingerprint density at radius 1 is 0.312 bits per heavy atom. The average molecular weight is 1370 g/mol. The first kappa shape index (κ1) is 91.1. The van der Waals surface area contributed by atoms with Gasteiger partial charge in [-0.1, -0.05) is 330 Å². The quantitative estimate of drug-likeness (QED) is 0.0222. The van der Waals surface area contributed by atoms with E-state index in [9.17, 15) is 43.2 Å². The lowest BCUT2D eigenvalue weighted by Gasteiger charge is -2.21. The number of phosphoric ester groups is 2. The second-order valence-corrected chi connectivity index (χ2v) is 30.3. The number of hydrogen-bond donors (Lipinski definition) is 3. The highest BCUT2D eigenvalue weighted by molar-refractivity contribution is 7.47. The number of ether oxygens (including phenoxy) is 4. The van der Waals surface area contributed by atoms with E-state index in [0.717, 1.165) is 115 Å². The molecule has 17 nitrogen and oxygen atoms in total. The molecule has 3 unspecified atom stereocenters. The zero-order valence-electron chi connectivity index (χ0n) is 60.6. The third-order valence-corrected chi connectivity index (χ3v) is 19.5. The lowest BCUT2D eigenvalue weighted by atomic mass is 9.99. The molecule has 552 valence electrons. The predicted molar refractivity (Wildman–Crippen MR) is 377 cm³/mol. The lowest BCUT2D eigenvalue weighted by molar-refractivity contribution is -0.161. The molecule has 3 N–H and O–H groups in total. The van der Waals surface area contributed by atoms with Crippen LogP contribution in [0.15, 0.2) is 0 Å². The molecule has 0 fully saturated rings. The number of esters is 4. The van der Waals surface area contributed by atoms with Crippen molar-refractivity contribution in [2.45, 2.75) is 400 Å². The summed E-state index contributed by atoms with van der Waals surface area (Å²) in [6.07, 6.45) is 52.9. The minimum Gasteiger partial charge on any atom is -0.462 e. The average Bonchev–Trinajstić information content (AvgIpc) is 1.71. The van der Waals surface area contributed by atoms with Crippen molar-refractivity contribution in [3.05, 3.63) is 0 Å². The summed E-state index contributed by atoms with van der Waals surface area (Å²) in [6.45, 7) is 9.60. The van der Waals surface area contributed by atoms with Gasteiger partial charge < -0.3 is 33.8 Å². The molecule has 0 aromatic heterocycles. The summed E-state index contributed by atoms with van der Waals surface area (Å²) in [6, 6.07) is 0. The Morgan fingerprint density at radius 3 is 0.817 bits per heavy atom. The van der Waals surface area contributed by atoms with Crippen molar-refractivity contribution in [2.75, 3.05) is 39.6 Å². The van der Waals surface area contributed by atoms with Gasteiger partial charge in [0.1, 0.15) is 19.3 Å². The maximum Gasteiger partial charge on any atom is 0.472 e. The monoisotopic (exact) mass is 1370 g/mol. The zero-order valence-corrected chi connectivity index (χ0v) is 62.3. The summed E-state index contributed by atoms with van der Waals surface area (Å²) in [7, 11) is -9.90. The van der Waals surface area contributed by atoms with E-state index >= 15 is 0 Å². The number of carbonyl (C=O) groups excluding carboxylic acids is 4. The fourth-order valence-corrected chi connectivity index (χ4v) is 12.8. The van der Waals surface area contributed by atoms with Gasteiger partial charge in [0.05, 0.1) is 26.4 Å². The molecule has 93 heavy (non-hydrogen) atoms. The van der Waals surface area contributed by atoms with E-state index < -0.39 is 97.5 Å². The second-order valence-electron chi connectivity index (χ2n) is 27.4. The van der Waals surface area contributed by atoms with Gasteiger partial charge in [-0.15, -0.1) is 0 Å². The molecule has 0 heterocycles. The largest absolute Gasteiger partial charge is 0.472 e. The van der Waals surface area contributed by atoms with Crippen LogP contribution >= 0.6 is 15.6 Å². The van der Waals surface area contributed by atoms with Crippen LogP contribution in [-0.4, -0.2) is 96.7 Å². The number of carbonyl (C=O) groups is 4. The third kappa shape index (κ3) is 67.0. The summed E-state index contributed by atoms with van der Waals surface area (Å²) in [5, 5.41) is 10.6. The minimum absolute atomic E-state index is 0.105. The van der Waals surface area contributed by atoms with E-state index in [1.165, 1.54) is 186 Å². The van der Waals surface area contributed by atoms with Crippen molar-refractivity contribution >= 4 is 39.5 Å². The molecular weight excluding hydrogens is 1220 g/mol. The molecule has 0 aromatic rings. The number of phosphoric acid groups is 2. The molecule has 0 saturated heterocycles. The van der Waals surface area contributed by atoms with Gasteiger partial charge in [-0.05, 0) is 37.5 Å². The predicted octanol–water partition coefficient (Wildman–Crippen LogP) is 21.6. The first-order valence-corrected chi connectivity index (χ1v) is 41.5. The molecule has 0 radical (unpaired) electrons. The van der Waals surface area contributed by atoms with E-state index in [1.807, 2.05) is 0 Å². The number of aliphatic hydroxyl groups excluding tert-OH is 1. The van der Waals surface area contributed by atoms with Crippen LogP contribution in [-0.2, 0) is 65.4 Å². The SMILES string of the molecule is CCCCCCCCCCCC(=O)O[C@H](COC(=O)CCCCCCCCC)COP(=O)(O)OC[C@H](O)COP(=O)(O)OC[C@@H](COC(=O)CCCCCCCCCCCCCCC(C)C)OC(=O)CCCCCCCCCCCCCCCCCCCCC(C)CC. The van der Waals surface area contributed by atoms with Crippen LogP contribution in [0.3, 0.4) is 0 Å². The summed E-state index contributed by atoms with van der Waals surface area (Å²) < 4.78 is 68.2. The van der Waals surface area contributed by atoms with Crippen molar-refractivity contribution < 1.29 is 80.2 Å². The Kier molecular flexibility index (Phi) is 64.6. The summed E-state index contributed by atoms with van der Waals surface area (Å²) >= 11 is 0. The molecule has 6 atom stereocenters. The topological polar surface area (TPSA) is 237 Å². The van der Waals surface area contributed by atoms with Gasteiger partial charge in [-0.2, -0.15) is 0 Å². The molecule has 0 bridgehead atoms. The van der Waals surface area contributed by atoms with Gasteiger partial charge in [-0.25, -0.2) is 9.13 Å². The second kappa shape index (κ2) is 66.0. The van der Waals surface area contributed by atoms with Crippen molar-refractivity contribution in [1.82, 2.24) is 0 Å². The molecule has 0 aliphatic heterocycles. The highest BCUT2D eigenvalue weighted by Crippen LogP contribution is 2.45. The molecule has 0 saturated carbocycles. The molecule has 0 spiro atoms. The molecular formula is C74H144O17P2. The fourth-order valence-electron chi connectivity index (χ4n) is 11.3. The van der Waals surface area contributed by atoms with Gasteiger partial charge in [0.15, 0.2) is 12.2 Å². The van der Waals surface area contributed by atoms with E-state index in [4.69, 9.17) is 37.0 Å². The summed E-state index contributed by atoms with van der Waals surface area (Å²) in [4.78, 5) is 72.5. The Morgan fingerprint density at radius 2 is 0.548 bits per heavy atom. The van der Waals surface area contributed by atoms with Crippen molar-refractivity contribution in [2.24, 2.45) is 11.8 Å². The van der Waals surface area contributed by atoms with E-state index in [-0.39, 0.29) is 25.7 Å². The normalized spacial score (nSPS) is 14.3. The lowest BCUT2D eigenvalue weighted by Crippen LogP contribution is -2.30. The molecule has 19 heteroatoms. The fraction of sp³-hybridized carbons (Fsp3) is 0.946. The minimum atomic E-state index is -4.95. The molecule has 0 amide bonds. The van der Waals surface area contributed by atoms with E-state index in [2.05, 4.69) is 41.5 Å². The highest BCUT2D eigenvalue weighted by Gasteiger charge is 2.30. The van der Waals surface area contributed by atoms with Crippen LogP contribution in [0.25, 0.3) is 0 Å². The van der Waals surface area contributed by atoms with Gasteiger partial charge in [0.2, 0.25) is 0 Å². The molecule has 0 aromatic carbocycles. The number of hydrogen-bond acceptors (Lipinski definition) is 15. The zero-order chi connectivity index (χ0) is 68.6. The number of unbranched alkanes of at least 4 members (excludes halogenated alkanes) is 42. The van der Waals surface area contributed by atoms with Crippen LogP contribution in [0.1, 0.15) is 382 Å². The smallest absolute Gasteiger partial charge is 0.462 e. The molecule has 0 aliphatic carbocycles. The highest BCUT2D eigenvalue weighted by atomic mass is 31.2. The van der Waals surface area contributed by atoms with Gasteiger partial charge in [-0.3, -0.25) is 37.3 Å². The van der Waals surface area contributed by atoms with Crippen LogP contribution in [0, 0.1) is 11.8 Å².